The van der Waals surface area contributed by atoms with Crippen LogP contribution in [-0.4, -0.2) is 59.4 Å². The Morgan fingerprint density at radius 3 is 1.94 bits per heavy atom. The monoisotopic (exact) mass is 245 g/mol. The zero-order valence-corrected chi connectivity index (χ0v) is 9.96. The molecule has 1 aliphatic carbocycles. The van der Waals surface area contributed by atoms with Crippen LogP contribution in [0.15, 0.2) is 0 Å². The van der Waals surface area contributed by atoms with Crippen molar-refractivity contribution in [3.8, 4) is 0 Å². The maximum absolute atomic E-state index is 10.7. The van der Waals surface area contributed by atoms with Crippen molar-refractivity contribution in [1.82, 2.24) is 4.90 Å². The maximum Gasteiger partial charge on any atom is 0.317 e. The highest BCUT2D eigenvalue weighted by molar-refractivity contribution is 5.72. The predicted octanol–water partition coefficient (Wildman–Crippen LogP) is 0.415. The van der Waals surface area contributed by atoms with E-state index < -0.39 is 11.9 Å². The largest absolute Gasteiger partial charge is 0.480 e. The first-order chi connectivity index (χ1) is 8.02. The fraction of sp³-hybridized carbons (Fsp3) is 0.818. The summed E-state index contributed by atoms with van der Waals surface area (Å²) < 4.78 is 5.23. The van der Waals surface area contributed by atoms with Crippen LogP contribution in [0, 0.1) is 0 Å². The van der Waals surface area contributed by atoms with Crippen LogP contribution in [0.1, 0.15) is 25.7 Å². The Bertz CT molecular complexity index is 257. The number of carbonyl (C=O) groups is 2. The summed E-state index contributed by atoms with van der Waals surface area (Å²) in [6.45, 7) is -0.427. The van der Waals surface area contributed by atoms with Crippen LogP contribution in [-0.2, 0) is 14.3 Å². The third-order valence-corrected chi connectivity index (χ3v) is 3.17. The second kappa shape index (κ2) is 6.56. The van der Waals surface area contributed by atoms with Gasteiger partial charge in [-0.05, 0) is 25.7 Å². The van der Waals surface area contributed by atoms with Gasteiger partial charge in [0.25, 0.3) is 0 Å². The van der Waals surface area contributed by atoms with E-state index >= 15 is 0 Å². The zero-order valence-electron chi connectivity index (χ0n) is 9.96. The first kappa shape index (κ1) is 13.9. The van der Waals surface area contributed by atoms with E-state index in [1.807, 2.05) is 0 Å². The quantitative estimate of drug-likeness (QED) is 0.705. The molecule has 0 saturated heterocycles. The Kier molecular flexibility index (Phi) is 5.37. The lowest BCUT2D eigenvalue weighted by Gasteiger charge is -2.34. The highest BCUT2D eigenvalue weighted by Gasteiger charge is 2.28. The standard InChI is InChI=1S/C11H19NO5/c1-17-9-4-2-8(3-5-9)12(6-10(13)14)7-11(15)16/h8-9H,2-7H2,1H3,(H,13,14)(H,15,16). The van der Waals surface area contributed by atoms with Crippen molar-refractivity contribution in [3.63, 3.8) is 0 Å². The van der Waals surface area contributed by atoms with Crippen LogP contribution < -0.4 is 0 Å². The zero-order chi connectivity index (χ0) is 12.8. The molecule has 1 aliphatic rings. The van der Waals surface area contributed by atoms with Gasteiger partial charge < -0.3 is 14.9 Å². The summed E-state index contributed by atoms with van der Waals surface area (Å²) in [5, 5.41) is 17.5. The average molecular weight is 245 g/mol. The molecule has 0 aromatic heterocycles. The minimum Gasteiger partial charge on any atom is -0.480 e. The Morgan fingerprint density at radius 1 is 1.12 bits per heavy atom. The summed E-state index contributed by atoms with van der Waals surface area (Å²) in [4.78, 5) is 22.9. The smallest absolute Gasteiger partial charge is 0.317 e. The molecule has 2 N–H and O–H groups in total. The van der Waals surface area contributed by atoms with Gasteiger partial charge >= 0.3 is 11.9 Å². The van der Waals surface area contributed by atoms with E-state index in [9.17, 15) is 9.59 Å². The van der Waals surface area contributed by atoms with Gasteiger partial charge in [-0.15, -0.1) is 0 Å². The molecule has 17 heavy (non-hydrogen) atoms. The van der Waals surface area contributed by atoms with Gasteiger partial charge in [0, 0.05) is 13.2 Å². The van der Waals surface area contributed by atoms with E-state index in [0.717, 1.165) is 25.7 Å². The van der Waals surface area contributed by atoms with Gasteiger partial charge in [0.1, 0.15) is 0 Å². The summed E-state index contributed by atoms with van der Waals surface area (Å²) in [5.74, 6) is -1.97. The van der Waals surface area contributed by atoms with Gasteiger partial charge in [0.15, 0.2) is 0 Å². The maximum atomic E-state index is 10.7. The van der Waals surface area contributed by atoms with Gasteiger partial charge in [0.05, 0.1) is 19.2 Å². The molecule has 0 bridgehead atoms. The molecule has 0 heterocycles. The summed E-state index contributed by atoms with van der Waals surface area (Å²) in [7, 11) is 1.66. The second-order valence-corrected chi connectivity index (χ2v) is 4.36. The molecule has 1 saturated carbocycles. The fourth-order valence-electron chi connectivity index (χ4n) is 2.31. The van der Waals surface area contributed by atoms with Gasteiger partial charge in [-0.1, -0.05) is 0 Å². The lowest BCUT2D eigenvalue weighted by Crippen LogP contribution is -2.44. The van der Waals surface area contributed by atoms with Crippen molar-refractivity contribution >= 4 is 11.9 Å². The first-order valence-electron chi connectivity index (χ1n) is 5.73. The van der Waals surface area contributed by atoms with Crippen LogP contribution in [0.25, 0.3) is 0 Å². The van der Waals surface area contributed by atoms with E-state index in [-0.39, 0.29) is 25.2 Å². The molecule has 0 aromatic rings. The van der Waals surface area contributed by atoms with Crippen LogP contribution >= 0.6 is 0 Å². The van der Waals surface area contributed by atoms with E-state index in [1.165, 1.54) is 4.90 Å². The van der Waals surface area contributed by atoms with Gasteiger partial charge in [0.2, 0.25) is 0 Å². The molecular weight excluding hydrogens is 226 g/mol. The minimum absolute atomic E-state index is 0.0357. The van der Waals surface area contributed by atoms with Crippen molar-refractivity contribution in [1.29, 1.82) is 0 Å². The fourth-order valence-corrected chi connectivity index (χ4v) is 2.31. The summed E-state index contributed by atoms with van der Waals surface area (Å²) in [5.41, 5.74) is 0. The lowest BCUT2D eigenvalue weighted by atomic mass is 9.92. The number of ether oxygens (including phenoxy) is 1. The summed E-state index contributed by atoms with van der Waals surface area (Å²) >= 11 is 0. The van der Waals surface area contributed by atoms with Gasteiger partial charge in [-0.25, -0.2) is 0 Å². The molecule has 0 atom stereocenters. The number of carboxylic acids is 2. The number of nitrogens with zero attached hydrogens (tertiary/aromatic N) is 1. The first-order valence-corrected chi connectivity index (χ1v) is 5.73. The molecular formula is C11H19NO5. The third-order valence-electron chi connectivity index (χ3n) is 3.17. The van der Waals surface area contributed by atoms with Crippen LogP contribution in [0.5, 0.6) is 0 Å². The molecule has 6 heteroatoms. The summed E-state index contributed by atoms with van der Waals surface area (Å²) in [6, 6.07) is 0.0357. The van der Waals surface area contributed by atoms with E-state index in [4.69, 9.17) is 14.9 Å². The molecule has 6 nitrogen and oxygen atoms in total. The number of hydrogen-bond acceptors (Lipinski definition) is 4. The molecule has 0 amide bonds. The molecule has 0 spiro atoms. The molecule has 1 rings (SSSR count). The third kappa shape index (κ3) is 4.70. The number of methoxy groups -OCH3 is 1. The van der Waals surface area contributed by atoms with Gasteiger partial charge in [-0.2, -0.15) is 0 Å². The normalized spacial score (nSPS) is 24.8. The number of hydrogen-bond donors (Lipinski definition) is 2. The summed E-state index contributed by atoms with van der Waals surface area (Å²) in [6.07, 6.45) is 3.52. The minimum atomic E-state index is -0.986. The number of carboxylic acid groups (broad SMARTS) is 2. The van der Waals surface area contributed by atoms with Crippen molar-refractivity contribution in [3.05, 3.63) is 0 Å². The molecule has 0 radical (unpaired) electrons. The van der Waals surface area contributed by atoms with Crippen molar-refractivity contribution in [2.75, 3.05) is 20.2 Å². The van der Waals surface area contributed by atoms with E-state index in [2.05, 4.69) is 0 Å². The van der Waals surface area contributed by atoms with Crippen molar-refractivity contribution < 1.29 is 24.5 Å². The molecule has 0 unspecified atom stereocenters. The lowest BCUT2D eigenvalue weighted by molar-refractivity contribution is -0.143. The molecule has 0 aromatic carbocycles. The SMILES string of the molecule is COC1CCC(N(CC(=O)O)CC(=O)O)CC1. The van der Waals surface area contributed by atoms with E-state index in [1.54, 1.807) is 7.11 Å². The van der Waals surface area contributed by atoms with Crippen LogP contribution in [0.4, 0.5) is 0 Å². The van der Waals surface area contributed by atoms with Crippen molar-refractivity contribution in [2.24, 2.45) is 0 Å². The Hall–Kier alpha value is -1.14. The van der Waals surface area contributed by atoms with Crippen LogP contribution in [0.2, 0.25) is 0 Å². The Balaban J connectivity index is 2.52. The van der Waals surface area contributed by atoms with Crippen molar-refractivity contribution in [2.45, 2.75) is 37.8 Å². The second-order valence-electron chi connectivity index (χ2n) is 4.36. The highest BCUT2D eigenvalue weighted by Crippen LogP contribution is 2.24. The predicted molar refractivity (Wildman–Crippen MR) is 59.9 cm³/mol. The Labute approximate surface area is 100 Å². The van der Waals surface area contributed by atoms with E-state index in [0.29, 0.717) is 0 Å². The average Bonchev–Trinajstić information content (AvgIpc) is 2.27. The highest BCUT2D eigenvalue weighted by atomic mass is 16.5. The Morgan fingerprint density at radius 2 is 1.59 bits per heavy atom. The number of aliphatic carboxylic acids is 2. The molecule has 1 fully saturated rings. The molecule has 0 aliphatic heterocycles. The van der Waals surface area contributed by atoms with Crippen LogP contribution in [0.3, 0.4) is 0 Å². The molecule has 98 valence electrons. The van der Waals surface area contributed by atoms with Gasteiger partial charge in [-0.3, -0.25) is 14.5 Å². The topological polar surface area (TPSA) is 87.1 Å². The number of rotatable bonds is 6.